The summed E-state index contributed by atoms with van der Waals surface area (Å²) in [6.07, 6.45) is 5.00. The van der Waals surface area contributed by atoms with Crippen LogP contribution in [0.2, 0.25) is 0 Å². The van der Waals surface area contributed by atoms with Crippen molar-refractivity contribution in [2.24, 2.45) is 0 Å². The zero-order valence-electron chi connectivity index (χ0n) is 11.5. The molecule has 1 aliphatic rings. The van der Waals surface area contributed by atoms with Crippen molar-refractivity contribution in [1.82, 2.24) is 0 Å². The fraction of sp³-hybridized carbons (Fsp3) is 0.571. The van der Waals surface area contributed by atoms with Gasteiger partial charge in [-0.25, -0.2) is 4.79 Å². The summed E-state index contributed by atoms with van der Waals surface area (Å²) in [5.74, 6) is 0.294. The topological polar surface area (TPSA) is 76.1 Å². The Morgan fingerprint density at radius 2 is 2.25 bits per heavy atom. The van der Waals surface area contributed by atoms with Gasteiger partial charge in [-0.05, 0) is 19.8 Å². The molecule has 0 bridgehead atoms. The van der Waals surface area contributed by atoms with E-state index in [9.17, 15) is 10.1 Å². The van der Waals surface area contributed by atoms with E-state index in [0.717, 1.165) is 16.9 Å². The van der Waals surface area contributed by atoms with Gasteiger partial charge < -0.3 is 10.5 Å². The second-order valence-electron chi connectivity index (χ2n) is 4.70. The molecule has 1 fully saturated rings. The number of anilines is 1. The molecule has 0 unspecified atom stereocenters. The number of carbonyl (C=O) groups excluding carboxylic acids is 1. The number of nitrogens with zero attached hydrogens (tertiary/aromatic N) is 1. The van der Waals surface area contributed by atoms with Gasteiger partial charge in [0.1, 0.15) is 15.9 Å². The number of nitrogens with two attached hydrogens (primary N) is 1. The Labute approximate surface area is 127 Å². The number of carbonyl (C=O) groups is 1. The fourth-order valence-electron chi connectivity index (χ4n) is 2.36. The van der Waals surface area contributed by atoms with Crippen LogP contribution in [0.3, 0.4) is 0 Å². The lowest BCUT2D eigenvalue weighted by atomic mass is 10.2. The first kappa shape index (κ1) is 15.2. The Hall–Kier alpha value is -1.19. The van der Waals surface area contributed by atoms with Gasteiger partial charge in [0.2, 0.25) is 0 Å². The summed E-state index contributed by atoms with van der Waals surface area (Å²) in [5, 5.41) is 10.3. The Balaban J connectivity index is 2.19. The van der Waals surface area contributed by atoms with Crippen molar-refractivity contribution < 1.29 is 9.53 Å². The molecule has 0 spiro atoms. The smallest absolute Gasteiger partial charge is 0.348 e. The third kappa shape index (κ3) is 3.28. The quantitative estimate of drug-likeness (QED) is 0.842. The molecule has 2 N–H and O–H groups in total. The summed E-state index contributed by atoms with van der Waals surface area (Å²) in [6.45, 7) is 2.10. The molecule has 0 saturated heterocycles. The summed E-state index contributed by atoms with van der Waals surface area (Å²) in [5.41, 5.74) is 7.05. The first-order valence-electron chi connectivity index (χ1n) is 6.77. The van der Waals surface area contributed by atoms with Crippen molar-refractivity contribution in [1.29, 1.82) is 5.26 Å². The lowest BCUT2D eigenvalue weighted by Crippen LogP contribution is -2.06. The molecule has 0 atom stereocenters. The van der Waals surface area contributed by atoms with E-state index in [1.807, 2.05) is 11.8 Å². The van der Waals surface area contributed by atoms with Crippen molar-refractivity contribution in [3.8, 4) is 6.07 Å². The summed E-state index contributed by atoms with van der Waals surface area (Å²) < 4.78 is 5.05. The molecule has 1 aromatic rings. The number of hydrogen-bond acceptors (Lipinski definition) is 6. The number of hydrogen-bond donors (Lipinski definition) is 1. The van der Waals surface area contributed by atoms with Crippen LogP contribution in [0.1, 0.15) is 53.4 Å². The van der Waals surface area contributed by atoms with Crippen LogP contribution in [0, 0.1) is 11.3 Å². The molecule has 2 rings (SSSR count). The Morgan fingerprint density at radius 1 is 1.55 bits per heavy atom. The summed E-state index contributed by atoms with van der Waals surface area (Å²) >= 11 is 2.99. The lowest BCUT2D eigenvalue weighted by Gasteiger charge is -2.09. The molecule has 1 heterocycles. The number of esters is 1. The highest BCUT2D eigenvalue weighted by molar-refractivity contribution is 7.99. The van der Waals surface area contributed by atoms with E-state index >= 15 is 0 Å². The van der Waals surface area contributed by atoms with E-state index in [4.69, 9.17) is 10.5 Å². The molecule has 0 amide bonds. The normalized spacial score (nSPS) is 15.2. The highest BCUT2D eigenvalue weighted by Gasteiger charge is 2.24. The largest absolute Gasteiger partial charge is 0.462 e. The number of thiophene rings is 1. The minimum Gasteiger partial charge on any atom is -0.462 e. The molecule has 4 nitrogen and oxygen atoms in total. The predicted octanol–water partition coefficient (Wildman–Crippen LogP) is 3.55. The van der Waals surface area contributed by atoms with Crippen molar-refractivity contribution in [2.45, 2.75) is 43.6 Å². The van der Waals surface area contributed by atoms with E-state index in [2.05, 4.69) is 6.07 Å². The van der Waals surface area contributed by atoms with Gasteiger partial charge in [0.25, 0.3) is 0 Å². The predicted molar refractivity (Wildman–Crippen MR) is 83.0 cm³/mol. The van der Waals surface area contributed by atoms with Crippen molar-refractivity contribution in [3.05, 3.63) is 16.0 Å². The van der Waals surface area contributed by atoms with Gasteiger partial charge >= 0.3 is 5.97 Å². The van der Waals surface area contributed by atoms with Gasteiger partial charge in [0.05, 0.1) is 12.2 Å². The number of ether oxygens (including phenoxy) is 1. The highest BCUT2D eigenvalue weighted by Crippen LogP contribution is 2.37. The van der Waals surface area contributed by atoms with Crippen LogP contribution in [0.4, 0.5) is 5.00 Å². The second kappa shape index (κ2) is 7.00. The average molecular weight is 310 g/mol. The molecule has 0 aliphatic heterocycles. The molecule has 108 valence electrons. The molecule has 1 saturated carbocycles. The van der Waals surface area contributed by atoms with Crippen LogP contribution in [0.25, 0.3) is 0 Å². The molecule has 20 heavy (non-hydrogen) atoms. The summed E-state index contributed by atoms with van der Waals surface area (Å²) in [4.78, 5) is 12.4. The number of rotatable bonds is 5. The first-order chi connectivity index (χ1) is 9.67. The SMILES string of the molecule is CCOC(=O)c1sc(N)c(C#N)c1CSC1CCCC1. The van der Waals surface area contributed by atoms with Crippen molar-refractivity contribution in [3.63, 3.8) is 0 Å². The Bertz CT molecular complexity index is 528. The number of nitriles is 1. The molecule has 6 heteroatoms. The van der Waals surface area contributed by atoms with Crippen LogP contribution < -0.4 is 5.73 Å². The molecule has 1 aliphatic carbocycles. The summed E-state index contributed by atoms with van der Waals surface area (Å²) in [6, 6.07) is 2.12. The first-order valence-corrected chi connectivity index (χ1v) is 8.63. The van der Waals surface area contributed by atoms with Gasteiger partial charge in [0, 0.05) is 16.6 Å². The molecular weight excluding hydrogens is 292 g/mol. The van der Waals surface area contributed by atoms with Gasteiger partial charge in [-0.1, -0.05) is 12.8 Å². The van der Waals surface area contributed by atoms with E-state index in [0.29, 0.717) is 33.1 Å². The second-order valence-corrected chi connectivity index (χ2v) is 7.04. The van der Waals surface area contributed by atoms with Crippen LogP contribution in [-0.4, -0.2) is 17.8 Å². The monoisotopic (exact) mass is 310 g/mol. The zero-order valence-corrected chi connectivity index (χ0v) is 13.1. The third-order valence-electron chi connectivity index (χ3n) is 3.37. The highest BCUT2D eigenvalue weighted by atomic mass is 32.2. The van der Waals surface area contributed by atoms with Gasteiger partial charge in [-0.2, -0.15) is 17.0 Å². The van der Waals surface area contributed by atoms with Crippen LogP contribution >= 0.6 is 23.1 Å². The van der Waals surface area contributed by atoms with Crippen LogP contribution in [0.15, 0.2) is 0 Å². The van der Waals surface area contributed by atoms with Gasteiger partial charge in [0.15, 0.2) is 0 Å². The van der Waals surface area contributed by atoms with E-state index in [1.165, 1.54) is 25.7 Å². The minimum atomic E-state index is -0.368. The minimum absolute atomic E-state index is 0.327. The van der Waals surface area contributed by atoms with Crippen molar-refractivity contribution in [2.75, 3.05) is 12.3 Å². The Morgan fingerprint density at radius 3 is 2.85 bits per heavy atom. The van der Waals surface area contributed by atoms with Crippen molar-refractivity contribution >= 4 is 34.1 Å². The maximum absolute atomic E-state index is 12.0. The number of thioether (sulfide) groups is 1. The van der Waals surface area contributed by atoms with Gasteiger partial charge in [-0.15, -0.1) is 11.3 Å². The zero-order chi connectivity index (χ0) is 14.5. The summed E-state index contributed by atoms with van der Waals surface area (Å²) in [7, 11) is 0. The standard InChI is InChI=1S/C14H18N2O2S2/c1-2-18-14(17)12-11(10(7-15)13(16)20-12)8-19-9-5-3-4-6-9/h9H,2-6,8,16H2,1H3. The molecular formula is C14H18N2O2S2. The molecule has 1 aromatic heterocycles. The third-order valence-corrected chi connectivity index (χ3v) is 5.81. The number of nitrogen functional groups attached to an aromatic ring is 1. The molecule has 0 aromatic carbocycles. The van der Waals surface area contributed by atoms with E-state index in [-0.39, 0.29) is 5.97 Å². The van der Waals surface area contributed by atoms with Crippen LogP contribution in [-0.2, 0) is 10.5 Å². The maximum Gasteiger partial charge on any atom is 0.348 e. The maximum atomic E-state index is 12.0. The Kier molecular flexibility index (Phi) is 5.32. The fourth-order valence-corrected chi connectivity index (χ4v) is 4.74. The molecule has 0 radical (unpaired) electrons. The van der Waals surface area contributed by atoms with E-state index < -0.39 is 0 Å². The van der Waals surface area contributed by atoms with Gasteiger partial charge in [-0.3, -0.25) is 0 Å². The average Bonchev–Trinajstić information content (AvgIpc) is 3.03. The van der Waals surface area contributed by atoms with E-state index in [1.54, 1.807) is 6.92 Å². The van der Waals surface area contributed by atoms with Crippen LogP contribution in [0.5, 0.6) is 0 Å². The lowest BCUT2D eigenvalue weighted by molar-refractivity contribution is 0.0531.